The highest BCUT2D eigenvalue weighted by Crippen LogP contribution is 2.33. The van der Waals surface area contributed by atoms with Crippen molar-refractivity contribution in [1.82, 2.24) is 19.9 Å². The van der Waals surface area contributed by atoms with Crippen molar-refractivity contribution in [2.75, 3.05) is 12.8 Å². The van der Waals surface area contributed by atoms with E-state index >= 15 is 0 Å². The van der Waals surface area contributed by atoms with Crippen LogP contribution in [0.5, 0.6) is 5.88 Å². The molecule has 3 N–H and O–H groups in total. The first-order valence-electron chi connectivity index (χ1n) is 6.79. The zero-order valence-electron chi connectivity index (χ0n) is 11.9. The molecule has 22 heavy (non-hydrogen) atoms. The van der Waals surface area contributed by atoms with Crippen molar-refractivity contribution in [3.63, 3.8) is 0 Å². The Labute approximate surface area is 126 Å². The standard InChI is InChI=1S/C16H13N5O/c1-22-13-3-2-11-12(8-20-16(11)21-13)14-9-4-7-19-15(17)10(9)5-6-18-14/h2-8H,1H3,(H2,17,19)(H,20,21). The predicted octanol–water partition coefficient (Wildman–Crippen LogP) is 2.76. The van der Waals surface area contributed by atoms with Crippen molar-refractivity contribution in [3.8, 4) is 17.1 Å². The number of pyridine rings is 3. The Morgan fingerprint density at radius 1 is 1.00 bits per heavy atom. The molecule has 0 aliphatic carbocycles. The Balaban J connectivity index is 2.02. The fraction of sp³-hybridized carbons (Fsp3) is 0.0625. The average molecular weight is 291 g/mol. The van der Waals surface area contributed by atoms with Gasteiger partial charge in [-0.3, -0.25) is 4.98 Å². The third kappa shape index (κ3) is 1.77. The number of fused-ring (bicyclic) bond motifs is 2. The Bertz CT molecular complexity index is 992. The molecule has 0 radical (unpaired) electrons. The number of aromatic nitrogens is 4. The zero-order valence-corrected chi connectivity index (χ0v) is 11.9. The molecular weight excluding hydrogens is 278 g/mol. The molecule has 0 bridgehead atoms. The molecule has 0 saturated carbocycles. The Hall–Kier alpha value is -3.15. The van der Waals surface area contributed by atoms with Crippen molar-refractivity contribution in [2.45, 2.75) is 0 Å². The van der Waals surface area contributed by atoms with Gasteiger partial charge in [0.15, 0.2) is 0 Å². The van der Waals surface area contributed by atoms with Crippen LogP contribution in [0.3, 0.4) is 0 Å². The summed E-state index contributed by atoms with van der Waals surface area (Å²) in [6.45, 7) is 0. The molecule has 4 aromatic heterocycles. The maximum Gasteiger partial charge on any atom is 0.214 e. The second-order valence-corrected chi connectivity index (χ2v) is 4.90. The van der Waals surface area contributed by atoms with E-state index in [9.17, 15) is 0 Å². The van der Waals surface area contributed by atoms with Gasteiger partial charge in [0.25, 0.3) is 0 Å². The lowest BCUT2D eigenvalue weighted by molar-refractivity contribution is 0.399. The van der Waals surface area contributed by atoms with Crippen LogP contribution in [0.15, 0.2) is 42.9 Å². The molecule has 0 amide bonds. The topological polar surface area (TPSA) is 89.7 Å². The van der Waals surface area contributed by atoms with Gasteiger partial charge < -0.3 is 15.5 Å². The van der Waals surface area contributed by atoms with Crippen molar-refractivity contribution in [3.05, 3.63) is 42.9 Å². The van der Waals surface area contributed by atoms with Gasteiger partial charge in [-0.2, -0.15) is 4.98 Å². The van der Waals surface area contributed by atoms with E-state index in [2.05, 4.69) is 19.9 Å². The summed E-state index contributed by atoms with van der Waals surface area (Å²) in [5, 5.41) is 2.84. The predicted molar refractivity (Wildman–Crippen MR) is 85.6 cm³/mol. The van der Waals surface area contributed by atoms with Crippen LogP contribution in [0, 0.1) is 0 Å². The zero-order chi connectivity index (χ0) is 15.1. The molecule has 108 valence electrons. The fourth-order valence-electron chi connectivity index (χ4n) is 2.64. The number of anilines is 1. The minimum Gasteiger partial charge on any atom is -0.481 e. The van der Waals surface area contributed by atoms with E-state index in [4.69, 9.17) is 10.5 Å². The summed E-state index contributed by atoms with van der Waals surface area (Å²) in [7, 11) is 1.60. The fourth-order valence-corrected chi connectivity index (χ4v) is 2.64. The minimum absolute atomic E-state index is 0.501. The van der Waals surface area contributed by atoms with E-state index in [0.717, 1.165) is 33.1 Å². The van der Waals surface area contributed by atoms with Crippen LogP contribution in [0.4, 0.5) is 5.82 Å². The molecule has 0 fully saturated rings. The average Bonchev–Trinajstić information content (AvgIpc) is 2.97. The highest BCUT2D eigenvalue weighted by molar-refractivity contribution is 6.05. The number of hydrogen-bond donors (Lipinski definition) is 2. The highest BCUT2D eigenvalue weighted by atomic mass is 16.5. The van der Waals surface area contributed by atoms with Gasteiger partial charge in [-0.25, -0.2) is 4.98 Å². The van der Waals surface area contributed by atoms with Crippen molar-refractivity contribution >= 4 is 27.6 Å². The van der Waals surface area contributed by atoms with Gasteiger partial charge in [0, 0.05) is 46.4 Å². The number of H-pyrrole nitrogens is 1. The molecule has 0 unspecified atom stereocenters. The van der Waals surface area contributed by atoms with Crippen LogP contribution in [-0.4, -0.2) is 27.0 Å². The summed E-state index contributed by atoms with van der Waals surface area (Å²) in [5.74, 6) is 1.07. The second-order valence-electron chi connectivity index (χ2n) is 4.90. The quantitative estimate of drug-likeness (QED) is 0.592. The van der Waals surface area contributed by atoms with Gasteiger partial charge in [-0.05, 0) is 18.2 Å². The largest absolute Gasteiger partial charge is 0.481 e. The molecule has 0 saturated heterocycles. The number of nitrogens with zero attached hydrogens (tertiary/aromatic N) is 3. The summed E-state index contributed by atoms with van der Waals surface area (Å²) in [5.41, 5.74) is 8.54. The second kappa shape index (κ2) is 4.70. The molecule has 4 heterocycles. The van der Waals surface area contributed by atoms with E-state index in [-0.39, 0.29) is 0 Å². The number of aromatic amines is 1. The Kier molecular flexibility index (Phi) is 2.69. The van der Waals surface area contributed by atoms with E-state index in [1.54, 1.807) is 19.5 Å². The van der Waals surface area contributed by atoms with E-state index in [0.29, 0.717) is 11.7 Å². The van der Waals surface area contributed by atoms with E-state index < -0.39 is 0 Å². The van der Waals surface area contributed by atoms with Crippen molar-refractivity contribution in [1.29, 1.82) is 0 Å². The number of methoxy groups -OCH3 is 1. The Morgan fingerprint density at radius 2 is 1.82 bits per heavy atom. The molecule has 6 nitrogen and oxygen atoms in total. The molecular formula is C16H13N5O. The number of nitrogen functional groups attached to an aromatic ring is 1. The van der Waals surface area contributed by atoms with Crippen LogP contribution in [0.1, 0.15) is 0 Å². The number of ether oxygens (including phenoxy) is 1. The van der Waals surface area contributed by atoms with Gasteiger partial charge in [0.1, 0.15) is 11.5 Å². The van der Waals surface area contributed by atoms with Crippen LogP contribution in [0.25, 0.3) is 33.1 Å². The van der Waals surface area contributed by atoms with Crippen molar-refractivity contribution in [2.24, 2.45) is 0 Å². The van der Waals surface area contributed by atoms with E-state index in [1.165, 1.54) is 0 Å². The molecule has 0 aliphatic heterocycles. The Morgan fingerprint density at radius 3 is 2.68 bits per heavy atom. The minimum atomic E-state index is 0.501. The molecule has 4 rings (SSSR count). The smallest absolute Gasteiger partial charge is 0.214 e. The SMILES string of the molecule is COc1ccc2c(-c3nccc4c(N)nccc34)c[nH]c2n1. The third-order valence-corrected chi connectivity index (χ3v) is 3.70. The number of hydrogen-bond acceptors (Lipinski definition) is 5. The monoisotopic (exact) mass is 291 g/mol. The third-order valence-electron chi connectivity index (χ3n) is 3.70. The lowest BCUT2D eigenvalue weighted by atomic mass is 10.1. The summed E-state index contributed by atoms with van der Waals surface area (Å²) in [6.07, 6.45) is 5.33. The number of nitrogens with two attached hydrogens (primary N) is 1. The summed E-state index contributed by atoms with van der Waals surface area (Å²) in [6, 6.07) is 7.60. The van der Waals surface area contributed by atoms with Crippen LogP contribution in [0.2, 0.25) is 0 Å². The summed E-state index contributed by atoms with van der Waals surface area (Å²) in [4.78, 5) is 16.2. The molecule has 0 atom stereocenters. The molecule has 4 aromatic rings. The van der Waals surface area contributed by atoms with E-state index in [1.807, 2.05) is 30.5 Å². The number of rotatable bonds is 2. The number of nitrogens with one attached hydrogen (secondary N) is 1. The summed E-state index contributed by atoms with van der Waals surface area (Å²) < 4.78 is 5.15. The molecule has 0 aromatic carbocycles. The first kappa shape index (κ1) is 12.6. The lowest BCUT2D eigenvalue weighted by Crippen LogP contribution is -1.93. The summed E-state index contributed by atoms with van der Waals surface area (Å²) >= 11 is 0. The normalized spacial score (nSPS) is 11.1. The van der Waals surface area contributed by atoms with Gasteiger partial charge in [0.2, 0.25) is 5.88 Å². The van der Waals surface area contributed by atoms with Gasteiger partial charge in [-0.15, -0.1) is 0 Å². The highest BCUT2D eigenvalue weighted by Gasteiger charge is 2.13. The van der Waals surface area contributed by atoms with Gasteiger partial charge >= 0.3 is 0 Å². The maximum absolute atomic E-state index is 5.95. The van der Waals surface area contributed by atoms with Crippen LogP contribution >= 0.6 is 0 Å². The van der Waals surface area contributed by atoms with Gasteiger partial charge in [-0.1, -0.05) is 0 Å². The van der Waals surface area contributed by atoms with Crippen LogP contribution < -0.4 is 10.5 Å². The molecule has 0 spiro atoms. The molecule has 6 heteroatoms. The van der Waals surface area contributed by atoms with Crippen molar-refractivity contribution < 1.29 is 4.74 Å². The van der Waals surface area contributed by atoms with Crippen LogP contribution in [-0.2, 0) is 0 Å². The first-order valence-corrected chi connectivity index (χ1v) is 6.79. The lowest BCUT2D eigenvalue weighted by Gasteiger charge is -2.06. The maximum atomic E-state index is 5.95. The van der Waals surface area contributed by atoms with Gasteiger partial charge in [0.05, 0.1) is 12.8 Å². The molecule has 0 aliphatic rings. The first-order chi connectivity index (χ1) is 10.8.